The molecular formula is C32H34ClN3O8. The summed E-state index contributed by atoms with van der Waals surface area (Å²) >= 11 is 6.14. The third kappa shape index (κ3) is 7.07. The first-order valence-corrected chi connectivity index (χ1v) is 14.4. The Labute approximate surface area is 260 Å². The summed E-state index contributed by atoms with van der Waals surface area (Å²) < 4.78 is 28.6. The molecule has 0 aromatic heterocycles. The summed E-state index contributed by atoms with van der Waals surface area (Å²) in [6.45, 7) is 4.20. The molecule has 3 atom stereocenters. The first kappa shape index (κ1) is 31.1. The third-order valence-electron chi connectivity index (χ3n) is 7.39. The molecule has 0 spiro atoms. The zero-order chi connectivity index (χ0) is 31.4. The van der Waals surface area contributed by atoms with Crippen molar-refractivity contribution in [3.63, 3.8) is 0 Å². The molecule has 3 aromatic rings. The number of esters is 1. The number of amides is 3. The molecule has 2 saturated heterocycles. The number of carbonyl (C=O) groups is 3. The van der Waals surface area contributed by atoms with E-state index in [4.69, 9.17) is 35.3 Å². The molecule has 0 unspecified atom stereocenters. The molecule has 2 aliphatic rings. The molecule has 2 N–H and O–H groups in total. The fourth-order valence-corrected chi connectivity index (χ4v) is 5.54. The van der Waals surface area contributed by atoms with Gasteiger partial charge < -0.3 is 39.2 Å². The number of hydrogen-bond donors (Lipinski definition) is 2. The van der Waals surface area contributed by atoms with Crippen molar-refractivity contribution in [1.82, 2.24) is 4.90 Å². The number of nitrogens with zero attached hydrogens (tertiary/aromatic N) is 1. The van der Waals surface area contributed by atoms with Gasteiger partial charge in [-0.25, -0.2) is 9.59 Å². The minimum Gasteiger partial charge on any atom is -0.495 e. The number of likely N-dealkylation sites (tertiary alicyclic amines) is 1. The quantitative estimate of drug-likeness (QED) is 0.314. The predicted octanol–water partition coefficient (Wildman–Crippen LogP) is 5.13. The molecule has 2 heterocycles. The van der Waals surface area contributed by atoms with Crippen LogP contribution in [0.25, 0.3) is 0 Å². The molecule has 0 aliphatic carbocycles. The van der Waals surface area contributed by atoms with Gasteiger partial charge in [0.15, 0.2) is 5.79 Å². The number of nitrogens with one attached hydrogen (secondary N) is 2. The van der Waals surface area contributed by atoms with Crippen LogP contribution in [0, 0.1) is 0 Å². The summed E-state index contributed by atoms with van der Waals surface area (Å²) in [7, 11) is 2.81. The fourth-order valence-electron chi connectivity index (χ4n) is 5.36. The summed E-state index contributed by atoms with van der Waals surface area (Å²) in [6.07, 6.45) is -0.599. The number of hydrogen-bond acceptors (Lipinski definition) is 8. The number of para-hydroxylation sites is 1. The maximum Gasteiger partial charge on any atom is 0.337 e. The number of rotatable bonds is 9. The van der Waals surface area contributed by atoms with Crippen LogP contribution in [0.15, 0.2) is 66.7 Å². The van der Waals surface area contributed by atoms with E-state index in [1.165, 1.54) is 14.2 Å². The van der Waals surface area contributed by atoms with Crippen molar-refractivity contribution in [2.45, 2.75) is 44.3 Å². The largest absolute Gasteiger partial charge is 0.495 e. The SMILES string of the molecule is COC(=O)c1ccc(OC[C@@H]2[C@H]3OC(C)(C)O[C@H]3CN2C(=O)Cc2ccc(NC(=O)Nc3ccccc3Cl)c(OC)c2)cc1. The van der Waals surface area contributed by atoms with Gasteiger partial charge in [-0.2, -0.15) is 0 Å². The average molecular weight is 624 g/mol. The maximum absolute atomic E-state index is 13.7. The molecule has 2 aliphatic heterocycles. The van der Waals surface area contributed by atoms with Crippen LogP contribution in [0.4, 0.5) is 16.2 Å². The van der Waals surface area contributed by atoms with Crippen LogP contribution in [-0.2, 0) is 25.4 Å². The fraction of sp³-hybridized carbons (Fsp3) is 0.344. The number of anilines is 2. The summed E-state index contributed by atoms with van der Waals surface area (Å²) in [6, 6.07) is 17.7. The zero-order valence-corrected chi connectivity index (χ0v) is 25.6. The van der Waals surface area contributed by atoms with Gasteiger partial charge in [0.1, 0.15) is 30.3 Å². The van der Waals surface area contributed by atoms with Gasteiger partial charge in [-0.1, -0.05) is 29.8 Å². The highest BCUT2D eigenvalue weighted by Crippen LogP contribution is 2.37. The van der Waals surface area contributed by atoms with E-state index < -0.39 is 23.8 Å². The van der Waals surface area contributed by atoms with Crippen molar-refractivity contribution >= 4 is 40.9 Å². The molecule has 5 rings (SSSR count). The number of benzene rings is 3. The van der Waals surface area contributed by atoms with Crippen LogP contribution in [0.5, 0.6) is 11.5 Å². The molecule has 0 bridgehead atoms. The Balaban J connectivity index is 1.26. The van der Waals surface area contributed by atoms with Crippen molar-refractivity contribution < 1.29 is 38.1 Å². The molecule has 3 amide bonds. The van der Waals surface area contributed by atoms with E-state index >= 15 is 0 Å². The van der Waals surface area contributed by atoms with E-state index in [9.17, 15) is 14.4 Å². The maximum atomic E-state index is 13.7. The van der Waals surface area contributed by atoms with Gasteiger partial charge in [-0.15, -0.1) is 0 Å². The van der Waals surface area contributed by atoms with Crippen molar-refractivity contribution in [2.75, 3.05) is 38.0 Å². The van der Waals surface area contributed by atoms with E-state index in [-0.39, 0.29) is 31.1 Å². The molecule has 3 aromatic carbocycles. The molecule has 232 valence electrons. The van der Waals surface area contributed by atoms with Gasteiger partial charge in [0.25, 0.3) is 0 Å². The Morgan fingerprint density at radius 3 is 2.41 bits per heavy atom. The van der Waals surface area contributed by atoms with Crippen molar-refractivity contribution in [3.05, 3.63) is 82.9 Å². The lowest BCUT2D eigenvalue weighted by atomic mass is 10.1. The number of fused-ring (bicyclic) bond motifs is 1. The first-order chi connectivity index (χ1) is 21.1. The van der Waals surface area contributed by atoms with Crippen LogP contribution in [0.2, 0.25) is 5.02 Å². The summed E-state index contributed by atoms with van der Waals surface area (Å²) in [5.74, 6) is -0.423. The lowest BCUT2D eigenvalue weighted by molar-refractivity contribution is -0.168. The molecular weight excluding hydrogens is 590 g/mol. The summed E-state index contributed by atoms with van der Waals surface area (Å²) in [5, 5.41) is 5.87. The molecule has 0 radical (unpaired) electrons. The van der Waals surface area contributed by atoms with E-state index in [1.807, 2.05) is 13.8 Å². The van der Waals surface area contributed by atoms with Crippen LogP contribution >= 0.6 is 11.6 Å². The molecule has 12 heteroatoms. The second-order valence-electron chi connectivity index (χ2n) is 10.8. The summed E-state index contributed by atoms with van der Waals surface area (Å²) in [4.78, 5) is 39.7. The minimum atomic E-state index is -0.779. The van der Waals surface area contributed by atoms with Gasteiger partial charge in [0.2, 0.25) is 5.91 Å². The number of carbonyl (C=O) groups excluding carboxylic acids is 3. The second kappa shape index (κ2) is 13.1. The summed E-state index contributed by atoms with van der Waals surface area (Å²) in [5.41, 5.74) is 2.00. The number of urea groups is 1. The number of methoxy groups -OCH3 is 2. The van der Waals surface area contributed by atoms with Gasteiger partial charge in [0.05, 0.1) is 55.2 Å². The smallest absolute Gasteiger partial charge is 0.337 e. The second-order valence-corrected chi connectivity index (χ2v) is 11.3. The highest BCUT2D eigenvalue weighted by atomic mass is 35.5. The van der Waals surface area contributed by atoms with Gasteiger partial charge in [-0.3, -0.25) is 4.79 Å². The molecule has 44 heavy (non-hydrogen) atoms. The van der Waals surface area contributed by atoms with Gasteiger partial charge in [0, 0.05) is 0 Å². The minimum absolute atomic E-state index is 0.0790. The first-order valence-electron chi connectivity index (χ1n) is 14.0. The van der Waals surface area contributed by atoms with E-state index in [0.717, 1.165) is 0 Å². The van der Waals surface area contributed by atoms with Crippen molar-refractivity contribution in [2.24, 2.45) is 0 Å². The van der Waals surface area contributed by atoms with Gasteiger partial charge in [-0.05, 0) is 67.9 Å². The highest BCUT2D eigenvalue weighted by molar-refractivity contribution is 6.33. The zero-order valence-electron chi connectivity index (χ0n) is 24.8. The van der Waals surface area contributed by atoms with Crippen LogP contribution in [-0.4, -0.2) is 74.2 Å². The highest BCUT2D eigenvalue weighted by Gasteiger charge is 2.54. The van der Waals surface area contributed by atoms with Crippen LogP contribution in [0.1, 0.15) is 29.8 Å². The molecule has 0 saturated carbocycles. The normalized spacial score (nSPS) is 20.0. The van der Waals surface area contributed by atoms with Crippen molar-refractivity contribution in [1.29, 1.82) is 0 Å². The van der Waals surface area contributed by atoms with E-state index in [2.05, 4.69) is 10.6 Å². The standard InChI is InChI=1S/C32H34ClN3O8/c1-32(2)43-27-17-36(25(29(27)44-32)18-42-21-12-10-20(11-13-21)30(38)41-4)28(37)16-19-9-14-24(26(15-19)40-3)35-31(39)34-23-8-6-5-7-22(23)33/h5-15,25,27,29H,16-18H2,1-4H3,(H2,34,35,39)/t25-,27+,29-/m1/s1. The van der Waals surface area contributed by atoms with Crippen molar-refractivity contribution in [3.8, 4) is 11.5 Å². The van der Waals surface area contributed by atoms with Crippen LogP contribution in [0.3, 0.4) is 0 Å². The monoisotopic (exact) mass is 623 g/mol. The number of halogens is 1. The Hall–Kier alpha value is -4.32. The lowest BCUT2D eigenvalue weighted by Crippen LogP contribution is -2.46. The predicted molar refractivity (Wildman–Crippen MR) is 163 cm³/mol. The Morgan fingerprint density at radius 1 is 0.977 bits per heavy atom. The topological polar surface area (TPSA) is 125 Å². The molecule has 2 fully saturated rings. The lowest BCUT2D eigenvalue weighted by Gasteiger charge is -2.30. The Kier molecular flexibility index (Phi) is 9.28. The average Bonchev–Trinajstić information content (AvgIpc) is 3.49. The number of ether oxygens (including phenoxy) is 5. The molecule has 11 nitrogen and oxygen atoms in total. The third-order valence-corrected chi connectivity index (χ3v) is 7.72. The van der Waals surface area contributed by atoms with E-state index in [0.29, 0.717) is 45.6 Å². The van der Waals surface area contributed by atoms with E-state index in [1.54, 1.807) is 71.6 Å². The Morgan fingerprint density at radius 2 is 1.70 bits per heavy atom. The Bertz CT molecular complexity index is 1530. The van der Waals surface area contributed by atoms with Crippen LogP contribution < -0.4 is 20.1 Å². The van der Waals surface area contributed by atoms with Gasteiger partial charge >= 0.3 is 12.0 Å².